The SMILES string of the molecule is O=C(Nc1ccc(F)c(F)c1)[C@H]1CCCN(S(=O)(=O)c2ccc(Cl)cc2)C1. The second kappa shape index (κ2) is 7.92. The van der Waals surface area contributed by atoms with Gasteiger partial charge in [-0.3, -0.25) is 4.79 Å². The molecule has 9 heteroatoms. The van der Waals surface area contributed by atoms with Gasteiger partial charge in [-0.2, -0.15) is 4.31 Å². The first-order chi connectivity index (χ1) is 12.8. The van der Waals surface area contributed by atoms with E-state index in [9.17, 15) is 22.0 Å². The standard InChI is InChI=1S/C18H17ClF2N2O3S/c19-13-3-6-15(7-4-13)27(25,26)23-9-1-2-12(11-23)18(24)22-14-5-8-16(20)17(21)10-14/h3-8,10,12H,1-2,9,11H2,(H,22,24)/t12-/m0/s1. The van der Waals surface area contributed by atoms with Gasteiger partial charge in [-0.25, -0.2) is 17.2 Å². The number of nitrogens with zero attached hydrogens (tertiary/aromatic N) is 1. The third-order valence-corrected chi connectivity index (χ3v) is 6.52. The van der Waals surface area contributed by atoms with E-state index >= 15 is 0 Å². The smallest absolute Gasteiger partial charge is 0.243 e. The molecule has 1 fully saturated rings. The fourth-order valence-corrected chi connectivity index (χ4v) is 4.60. The Balaban J connectivity index is 1.72. The molecule has 0 aromatic heterocycles. The fraction of sp³-hybridized carbons (Fsp3) is 0.278. The van der Waals surface area contributed by atoms with E-state index in [1.807, 2.05) is 0 Å². The average molecular weight is 415 g/mol. The number of sulfonamides is 1. The Morgan fingerprint density at radius 1 is 1.11 bits per heavy atom. The monoisotopic (exact) mass is 414 g/mol. The lowest BCUT2D eigenvalue weighted by molar-refractivity contribution is -0.120. The van der Waals surface area contributed by atoms with E-state index in [2.05, 4.69) is 5.32 Å². The van der Waals surface area contributed by atoms with Crippen molar-refractivity contribution in [1.82, 2.24) is 4.31 Å². The summed E-state index contributed by atoms with van der Waals surface area (Å²) in [5.74, 6) is -3.10. The van der Waals surface area contributed by atoms with Crippen LogP contribution in [-0.4, -0.2) is 31.7 Å². The quantitative estimate of drug-likeness (QED) is 0.830. The van der Waals surface area contributed by atoms with Crippen LogP contribution >= 0.6 is 11.6 Å². The molecule has 0 spiro atoms. The molecule has 0 unspecified atom stereocenters. The highest BCUT2D eigenvalue weighted by atomic mass is 35.5. The largest absolute Gasteiger partial charge is 0.326 e. The number of anilines is 1. The highest BCUT2D eigenvalue weighted by Gasteiger charge is 2.33. The van der Waals surface area contributed by atoms with Crippen LogP contribution in [0.5, 0.6) is 0 Å². The Hall–Kier alpha value is -2.03. The van der Waals surface area contributed by atoms with Crippen LogP contribution in [0.4, 0.5) is 14.5 Å². The maximum absolute atomic E-state index is 13.3. The molecule has 2 aromatic rings. The van der Waals surface area contributed by atoms with Gasteiger partial charge in [0.15, 0.2) is 11.6 Å². The number of benzene rings is 2. The number of carbonyl (C=O) groups is 1. The third kappa shape index (κ3) is 4.45. The van der Waals surface area contributed by atoms with E-state index in [0.29, 0.717) is 24.4 Å². The van der Waals surface area contributed by atoms with Crippen LogP contribution in [0.3, 0.4) is 0 Å². The predicted octanol–water partition coefficient (Wildman–Crippen LogP) is 3.66. The van der Waals surface area contributed by atoms with Crippen LogP contribution in [0.2, 0.25) is 5.02 Å². The summed E-state index contributed by atoms with van der Waals surface area (Å²) in [4.78, 5) is 12.6. The van der Waals surface area contributed by atoms with Crippen LogP contribution in [0.25, 0.3) is 0 Å². The first kappa shape index (κ1) is 19.7. The molecule has 1 aliphatic rings. The minimum absolute atomic E-state index is 0.0144. The summed E-state index contributed by atoms with van der Waals surface area (Å²) >= 11 is 5.80. The molecule has 0 saturated carbocycles. The van der Waals surface area contributed by atoms with Gasteiger partial charge in [0, 0.05) is 29.9 Å². The van der Waals surface area contributed by atoms with E-state index in [1.165, 1.54) is 34.6 Å². The zero-order valence-electron chi connectivity index (χ0n) is 14.2. The van der Waals surface area contributed by atoms with E-state index < -0.39 is 33.5 Å². The molecule has 1 amide bonds. The zero-order chi connectivity index (χ0) is 19.6. The number of amides is 1. The minimum atomic E-state index is -3.75. The molecule has 1 N–H and O–H groups in total. The van der Waals surface area contributed by atoms with Crippen molar-refractivity contribution in [2.24, 2.45) is 5.92 Å². The zero-order valence-corrected chi connectivity index (χ0v) is 15.7. The Bertz CT molecular complexity index is 952. The summed E-state index contributed by atoms with van der Waals surface area (Å²) in [7, 11) is -3.75. The number of hydrogen-bond acceptors (Lipinski definition) is 3. The normalized spacial score (nSPS) is 18.3. The molecule has 0 aliphatic carbocycles. The predicted molar refractivity (Wildman–Crippen MR) is 97.9 cm³/mol. The molecule has 0 radical (unpaired) electrons. The number of carbonyl (C=O) groups excluding carboxylic acids is 1. The molecule has 1 heterocycles. The Morgan fingerprint density at radius 2 is 1.81 bits per heavy atom. The highest BCUT2D eigenvalue weighted by Crippen LogP contribution is 2.26. The molecular formula is C18H17ClF2N2O3S. The molecule has 1 atom stereocenters. The number of rotatable bonds is 4. The first-order valence-electron chi connectivity index (χ1n) is 8.29. The molecule has 5 nitrogen and oxygen atoms in total. The van der Waals surface area contributed by atoms with E-state index in [4.69, 9.17) is 11.6 Å². The van der Waals surface area contributed by atoms with E-state index in [1.54, 1.807) is 0 Å². The van der Waals surface area contributed by atoms with Gasteiger partial charge in [-0.05, 0) is 49.2 Å². The summed E-state index contributed by atoms with van der Waals surface area (Å²) in [5, 5.41) is 2.94. The van der Waals surface area contributed by atoms with E-state index in [-0.39, 0.29) is 17.1 Å². The van der Waals surface area contributed by atoms with Crippen LogP contribution in [0, 0.1) is 17.6 Å². The highest BCUT2D eigenvalue weighted by molar-refractivity contribution is 7.89. The maximum Gasteiger partial charge on any atom is 0.243 e. The van der Waals surface area contributed by atoms with Crippen LogP contribution in [0.1, 0.15) is 12.8 Å². The van der Waals surface area contributed by atoms with Gasteiger partial charge >= 0.3 is 0 Å². The van der Waals surface area contributed by atoms with Gasteiger partial charge in [0.25, 0.3) is 0 Å². The summed E-state index contributed by atoms with van der Waals surface area (Å²) in [6, 6.07) is 8.88. The Labute approximate surface area is 161 Å². The van der Waals surface area contributed by atoms with Crippen molar-refractivity contribution in [1.29, 1.82) is 0 Å². The summed E-state index contributed by atoms with van der Waals surface area (Å²) < 4.78 is 53.1. The first-order valence-corrected chi connectivity index (χ1v) is 10.1. The Morgan fingerprint density at radius 3 is 2.48 bits per heavy atom. The van der Waals surface area contributed by atoms with Crippen molar-refractivity contribution in [3.8, 4) is 0 Å². The minimum Gasteiger partial charge on any atom is -0.326 e. The van der Waals surface area contributed by atoms with Crippen molar-refractivity contribution >= 4 is 33.2 Å². The van der Waals surface area contributed by atoms with Crippen LogP contribution in [-0.2, 0) is 14.8 Å². The molecule has 27 heavy (non-hydrogen) atoms. The van der Waals surface area contributed by atoms with Gasteiger partial charge in [0.1, 0.15) is 0 Å². The van der Waals surface area contributed by atoms with Crippen molar-refractivity contribution < 1.29 is 22.0 Å². The lowest BCUT2D eigenvalue weighted by atomic mass is 9.98. The van der Waals surface area contributed by atoms with E-state index in [0.717, 1.165) is 12.1 Å². The number of nitrogens with one attached hydrogen (secondary N) is 1. The maximum atomic E-state index is 13.3. The third-order valence-electron chi connectivity index (χ3n) is 4.39. The lowest BCUT2D eigenvalue weighted by Crippen LogP contribution is -2.43. The molecule has 1 aliphatic heterocycles. The molecule has 2 aromatic carbocycles. The molecule has 144 valence electrons. The van der Waals surface area contributed by atoms with Gasteiger partial charge in [-0.1, -0.05) is 11.6 Å². The molecule has 1 saturated heterocycles. The summed E-state index contributed by atoms with van der Waals surface area (Å²) in [6.45, 7) is 0.320. The fourth-order valence-electron chi connectivity index (χ4n) is 2.95. The van der Waals surface area contributed by atoms with Crippen molar-refractivity contribution in [3.63, 3.8) is 0 Å². The Kier molecular flexibility index (Phi) is 5.78. The van der Waals surface area contributed by atoms with Gasteiger partial charge in [0.05, 0.1) is 10.8 Å². The van der Waals surface area contributed by atoms with Crippen molar-refractivity contribution in [2.75, 3.05) is 18.4 Å². The van der Waals surface area contributed by atoms with Crippen LogP contribution < -0.4 is 5.32 Å². The summed E-state index contributed by atoms with van der Waals surface area (Å²) in [5.41, 5.74) is 0.122. The van der Waals surface area contributed by atoms with Crippen molar-refractivity contribution in [2.45, 2.75) is 17.7 Å². The molecule has 3 rings (SSSR count). The molecule has 0 bridgehead atoms. The van der Waals surface area contributed by atoms with Crippen molar-refractivity contribution in [3.05, 3.63) is 59.1 Å². The lowest BCUT2D eigenvalue weighted by Gasteiger charge is -2.31. The number of halogens is 3. The number of hydrogen-bond donors (Lipinski definition) is 1. The molecular weight excluding hydrogens is 398 g/mol. The summed E-state index contributed by atoms with van der Waals surface area (Å²) in [6.07, 6.45) is 1.02. The van der Waals surface area contributed by atoms with Gasteiger partial charge in [-0.15, -0.1) is 0 Å². The number of piperidine rings is 1. The second-order valence-corrected chi connectivity index (χ2v) is 8.65. The van der Waals surface area contributed by atoms with Crippen LogP contribution in [0.15, 0.2) is 47.4 Å². The topological polar surface area (TPSA) is 66.5 Å². The van der Waals surface area contributed by atoms with Gasteiger partial charge in [0.2, 0.25) is 15.9 Å². The second-order valence-electron chi connectivity index (χ2n) is 6.27. The average Bonchev–Trinajstić information content (AvgIpc) is 2.65. The van der Waals surface area contributed by atoms with Gasteiger partial charge < -0.3 is 5.32 Å².